The van der Waals surface area contributed by atoms with Crippen molar-refractivity contribution in [3.63, 3.8) is 0 Å². The molecule has 0 aliphatic carbocycles. The third-order valence-electron chi connectivity index (χ3n) is 2.97. The molecule has 21 heavy (non-hydrogen) atoms. The number of benzene rings is 1. The molecule has 6 heteroatoms. The fourth-order valence-electron chi connectivity index (χ4n) is 1.98. The van der Waals surface area contributed by atoms with Crippen molar-refractivity contribution in [1.82, 2.24) is 0 Å². The second-order valence-corrected chi connectivity index (χ2v) is 6.24. The third-order valence-corrected chi connectivity index (χ3v) is 5.06. The molecule has 0 atom stereocenters. The van der Waals surface area contributed by atoms with Crippen molar-refractivity contribution in [2.24, 2.45) is 0 Å². The Bertz CT molecular complexity index is 830. The van der Waals surface area contributed by atoms with Crippen molar-refractivity contribution in [3.05, 3.63) is 46.2 Å². The van der Waals surface area contributed by atoms with Crippen LogP contribution in [0.2, 0.25) is 0 Å². The number of nitriles is 1. The highest BCUT2D eigenvalue weighted by molar-refractivity contribution is 7.27. The van der Waals surface area contributed by atoms with Crippen molar-refractivity contribution >= 4 is 43.7 Å². The van der Waals surface area contributed by atoms with Crippen molar-refractivity contribution < 1.29 is 9.53 Å². The monoisotopic (exact) mass is 314 g/mol. The van der Waals surface area contributed by atoms with E-state index in [1.165, 1.54) is 18.4 Å². The number of ether oxygens (including phenoxy) is 1. The van der Waals surface area contributed by atoms with E-state index in [1.807, 2.05) is 17.5 Å². The zero-order chi connectivity index (χ0) is 14.8. The summed E-state index contributed by atoms with van der Waals surface area (Å²) in [6.07, 6.45) is 0. The Kier molecular flexibility index (Phi) is 3.60. The van der Waals surface area contributed by atoms with Crippen LogP contribution in [0.25, 0.3) is 9.40 Å². The molecule has 0 saturated carbocycles. The van der Waals surface area contributed by atoms with Gasteiger partial charge in [-0.15, -0.1) is 22.7 Å². The number of para-hydroxylation sites is 1. The van der Waals surface area contributed by atoms with Gasteiger partial charge in [-0.25, -0.2) is 0 Å². The topological polar surface area (TPSA) is 62.1 Å². The summed E-state index contributed by atoms with van der Waals surface area (Å²) in [4.78, 5) is 13.0. The summed E-state index contributed by atoms with van der Waals surface area (Å²) in [5, 5.41) is 13.9. The number of amides is 1. The average molecular weight is 314 g/mol. The predicted octanol–water partition coefficient (Wildman–Crippen LogP) is 4.10. The number of rotatable bonds is 3. The lowest BCUT2D eigenvalue weighted by Crippen LogP contribution is -2.12. The fourth-order valence-corrected chi connectivity index (χ4v) is 3.98. The van der Waals surface area contributed by atoms with E-state index in [0.29, 0.717) is 21.9 Å². The Balaban J connectivity index is 1.94. The first-order chi connectivity index (χ1) is 10.2. The second kappa shape index (κ2) is 5.56. The van der Waals surface area contributed by atoms with Crippen LogP contribution in [0.4, 0.5) is 5.69 Å². The van der Waals surface area contributed by atoms with Crippen molar-refractivity contribution in [1.29, 1.82) is 5.26 Å². The molecule has 0 spiro atoms. The minimum Gasteiger partial charge on any atom is -0.495 e. The quantitative estimate of drug-likeness (QED) is 0.792. The van der Waals surface area contributed by atoms with Crippen LogP contribution in [0.5, 0.6) is 5.75 Å². The van der Waals surface area contributed by atoms with E-state index in [-0.39, 0.29) is 5.91 Å². The normalized spacial score (nSPS) is 10.3. The number of nitrogens with zero attached hydrogens (tertiary/aromatic N) is 1. The molecule has 0 saturated heterocycles. The molecule has 1 N–H and O–H groups in total. The molecule has 0 aliphatic heterocycles. The lowest BCUT2D eigenvalue weighted by molar-refractivity contribution is 0.103. The van der Waals surface area contributed by atoms with Crippen molar-refractivity contribution in [2.45, 2.75) is 0 Å². The summed E-state index contributed by atoms with van der Waals surface area (Å²) in [6.45, 7) is 0. The number of hydrogen-bond donors (Lipinski definition) is 1. The summed E-state index contributed by atoms with van der Waals surface area (Å²) >= 11 is 3.03. The number of nitrogens with one attached hydrogen (secondary N) is 1. The highest BCUT2D eigenvalue weighted by atomic mass is 32.1. The van der Waals surface area contributed by atoms with E-state index in [0.717, 1.165) is 9.40 Å². The van der Waals surface area contributed by atoms with Crippen molar-refractivity contribution in [2.75, 3.05) is 12.4 Å². The lowest BCUT2D eigenvalue weighted by atomic mass is 10.1. The Morgan fingerprint density at radius 2 is 2.19 bits per heavy atom. The first-order valence-electron chi connectivity index (χ1n) is 6.08. The largest absolute Gasteiger partial charge is 0.495 e. The smallest absolute Gasteiger partial charge is 0.265 e. The average Bonchev–Trinajstić information content (AvgIpc) is 3.08. The number of hydrogen-bond acceptors (Lipinski definition) is 5. The van der Waals surface area contributed by atoms with Crippen LogP contribution in [0.15, 0.2) is 35.7 Å². The van der Waals surface area contributed by atoms with Gasteiger partial charge in [0.05, 0.1) is 17.6 Å². The van der Waals surface area contributed by atoms with E-state index < -0.39 is 0 Å². The van der Waals surface area contributed by atoms with Crippen LogP contribution < -0.4 is 10.1 Å². The maximum absolute atomic E-state index is 12.4. The Labute approximate surface area is 129 Å². The van der Waals surface area contributed by atoms with Crippen LogP contribution in [0.3, 0.4) is 0 Å². The molecule has 2 heterocycles. The minimum atomic E-state index is -0.232. The maximum atomic E-state index is 12.4. The SMILES string of the molecule is COc1cccc(C#N)c1NC(=O)c1cc2sccc2s1. The zero-order valence-electron chi connectivity index (χ0n) is 11.0. The number of anilines is 1. The van der Waals surface area contributed by atoms with Crippen LogP contribution in [0.1, 0.15) is 15.2 Å². The van der Waals surface area contributed by atoms with Gasteiger partial charge in [0, 0.05) is 9.40 Å². The molecule has 0 bridgehead atoms. The first-order valence-corrected chi connectivity index (χ1v) is 7.78. The summed E-state index contributed by atoms with van der Waals surface area (Å²) in [5.41, 5.74) is 0.783. The van der Waals surface area contributed by atoms with E-state index in [1.54, 1.807) is 29.5 Å². The molecule has 1 aromatic carbocycles. The standard InChI is InChI=1S/C15H10N2O2S2/c1-19-10-4-2-3-9(8-16)14(10)17-15(18)13-7-12-11(21-13)5-6-20-12/h2-7H,1H3,(H,17,18). The minimum absolute atomic E-state index is 0.232. The van der Waals surface area contributed by atoms with Gasteiger partial charge in [0.1, 0.15) is 17.5 Å². The van der Waals surface area contributed by atoms with Gasteiger partial charge in [-0.2, -0.15) is 5.26 Å². The summed E-state index contributed by atoms with van der Waals surface area (Å²) < 4.78 is 7.39. The molecule has 0 aliphatic rings. The predicted molar refractivity (Wildman–Crippen MR) is 85.4 cm³/mol. The molecule has 2 aromatic heterocycles. The van der Waals surface area contributed by atoms with E-state index in [2.05, 4.69) is 11.4 Å². The highest BCUT2D eigenvalue weighted by Gasteiger charge is 2.16. The van der Waals surface area contributed by atoms with Gasteiger partial charge in [0.2, 0.25) is 0 Å². The van der Waals surface area contributed by atoms with E-state index in [4.69, 9.17) is 10.00 Å². The van der Waals surface area contributed by atoms with E-state index >= 15 is 0 Å². The van der Waals surface area contributed by atoms with E-state index in [9.17, 15) is 4.79 Å². The van der Waals surface area contributed by atoms with Gasteiger partial charge in [-0.05, 0) is 29.6 Å². The van der Waals surface area contributed by atoms with Gasteiger partial charge in [0.25, 0.3) is 5.91 Å². The summed E-state index contributed by atoms with van der Waals surface area (Å²) in [5.74, 6) is 0.241. The molecule has 4 nitrogen and oxygen atoms in total. The number of carbonyl (C=O) groups excluding carboxylic acids is 1. The molecular formula is C15H10N2O2S2. The van der Waals surface area contributed by atoms with Gasteiger partial charge in [0.15, 0.2) is 0 Å². The van der Waals surface area contributed by atoms with Gasteiger partial charge >= 0.3 is 0 Å². The fraction of sp³-hybridized carbons (Fsp3) is 0.0667. The summed E-state index contributed by atoms with van der Waals surface area (Å²) in [6, 6.07) is 11.0. The molecule has 1 amide bonds. The molecule has 3 aromatic rings. The van der Waals surface area contributed by atoms with Crippen LogP contribution in [0, 0.1) is 11.3 Å². The Hall–Kier alpha value is -2.36. The Morgan fingerprint density at radius 3 is 2.90 bits per heavy atom. The van der Waals surface area contributed by atoms with Crippen LogP contribution >= 0.6 is 22.7 Å². The summed E-state index contributed by atoms with van der Waals surface area (Å²) in [7, 11) is 1.51. The number of fused-ring (bicyclic) bond motifs is 1. The lowest BCUT2D eigenvalue weighted by Gasteiger charge is -2.10. The zero-order valence-corrected chi connectivity index (χ0v) is 12.7. The number of thiophene rings is 2. The highest BCUT2D eigenvalue weighted by Crippen LogP contribution is 2.32. The molecule has 0 unspecified atom stereocenters. The van der Waals surface area contributed by atoms with Gasteiger partial charge in [-0.1, -0.05) is 6.07 Å². The van der Waals surface area contributed by atoms with Gasteiger partial charge in [-0.3, -0.25) is 4.79 Å². The molecule has 104 valence electrons. The first kappa shape index (κ1) is 13.6. The van der Waals surface area contributed by atoms with Crippen molar-refractivity contribution in [3.8, 4) is 11.8 Å². The molecule has 3 rings (SSSR count). The van der Waals surface area contributed by atoms with Crippen LogP contribution in [-0.4, -0.2) is 13.0 Å². The molecule has 0 radical (unpaired) electrons. The Morgan fingerprint density at radius 1 is 1.33 bits per heavy atom. The molecule has 0 fully saturated rings. The molecular weight excluding hydrogens is 304 g/mol. The van der Waals surface area contributed by atoms with Crippen LogP contribution in [-0.2, 0) is 0 Å². The third kappa shape index (κ3) is 2.49. The number of methoxy groups -OCH3 is 1. The second-order valence-electron chi connectivity index (χ2n) is 4.21. The maximum Gasteiger partial charge on any atom is 0.265 e. The number of carbonyl (C=O) groups is 1. The van der Waals surface area contributed by atoms with Gasteiger partial charge < -0.3 is 10.1 Å².